The molecular weight excluding hydrogens is 158 g/mol. The summed E-state index contributed by atoms with van der Waals surface area (Å²) < 4.78 is 4.74. The Balaban J connectivity index is 3.96. The summed E-state index contributed by atoms with van der Waals surface area (Å²) in [7, 11) is 0. The number of carbonyl (C=O) groups excluding carboxylic acids is 2. The zero-order valence-electron chi connectivity index (χ0n) is 7.72. The second-order valence-electron chi connectivity index (χ2n) is 2.41. The van der Waals surface area contributed by atoms with Crippen molar-refractivity contribution in [3.63, 3.8) is 0 Å². The molecule has 1 N–H and O–H groups in total. The topological polar surface area (TPSA) is 55.4 Å². The SMILES string of the molecule is CCOC(=O)[C@@H](CC)NC(C)=O. The number of ether oxygens (including phenoxy) is 1. The summed E-state index contributed by atoms with van der Waals surface area (Å²) in [5, 5.41) is 2.50. The van der Waals surface area contributed by atoms with Crippen LogP contribution < -0.4 is 5.32 Å². The molecule has 70 valence electrons. The van der Waals surface area contributed by atoms with Crippen LogP contribution in [0.3, 0.4) is 0 Å². The van der Waals surface area contributed by atoms with E-state index >= 15 is 0 Å². The summed E-state index contributed by atoms with van der Waals surface area (Å²) in [6.07, 6.45) is 0.554. The average Bonchev–Trinajstić information content (AvgIpc) is 2.00. The molecule has 1 atom stereocenters. The fourth-order valence-electron chi connectivity index (χ4n) is 0.816. The van der Waals surface area contributed by atoms with Gasteiger partial charge in [0.2, 0.25) is 5.91 Å². The molecule has 1 amide bonds. The number of hydrogen-bond acceptors (Lipinski definition) is 3. The highest BCUT2D eigenvalue weighted by atomic mass is 16.5. The Bertz CT molecular complexity index is 168. The average molecular weight is 173 g/mol. The molecule has 0 bridgehead atoms. The van der Waals surface area contributed by atoms with E-state index in [0.717, 1.165) is 0 Å². The number of esters is 1. The van der Waals surface area contributed by atoms with Crippen LogP contribution >= 0.6 is 0 Å². The van der Waals surface area contributed by atoms with Gasteiger partial charge in [-0.25, -0.2) is 4.79 Å². The van der Waals surface area contributed by atoms with Crippen LogP contribution in [0.2, 0.25) is 0 Å². The zero-order chi connectivity index (χ0) is 9.56. The predicted molar refractivity (Wildman–Crippen MR) is 44.5 cm³/mol. The van der Waals surface area contributed by atoms with Crippen molar-refractivity contribution in [3.05, 3.63) is 0 Å². The molecule has 4 heteroatoms. The molecule has 0 fully saturated rings. The molecule has 0 unspecified atom stereocenters. The lowest BCUT2D eigenvalue weighted by Gasteiger charge is -2.13. The van der Waals surface area contributed by atoms with Gasteiger partial charge in [0.25, 0.3) is 0 Å². The third kappa shape index (κ3) is 3.95. The first-order valence-corrected chi connectivity index (χ1v) is 4.05. The molecule has 12 heavy (non-hydrogen) atoms. The van der Waals surface area contributed by atoms with Gasteiger partial charge in [-0.15, -0.1) is 0 Å². The van der Waals surface area contributed by atoms with Crippen molar-refractivity contribution in [2.24, 2.45) is 0 Å². The van der Waals surface area contributed by atoms with Crippen LogP contribution in [-0.2, 0) is 14.3 Å². The maximum absolute atomic E-state index is 11.1. The van der Waals surface area contributed by atoms with Gasteiger partial charge in [-0.1, -0.05) is 6.92 Å². The molecular formula is C8H15NO3. The quantitative estimate of drug-likeness (QED) is 0.628. The molecule has 0 aliphatic carbocycles. The van der Waals surface area contributed by atoms with Crippen LogP contribution in [0.25, 0.3) is 0 Å². The number of amides is 1. The first-order chi connectivity index (χ1) is 5.61. The zero-order valence-corrected chi connectivity index (χ0v) is 7.72. The second kappa shape index (κ2) is 5.57. The van der Waals surface area contributed by atoms with Crippen LogP contribution in [0.5, 0.6) is 0 Å². The Morgan fingerprint density at radius 3 is 2.33 bits per heavy atom. The Morgan fingerprint density at radius 1 is 1.42 bits per heavy atom. The van der Waals surface area contributed by atoms with Gasteiger partial charge < -0.3 is 10.1 Å². The van der Waals surface area contributed by atoms with E-state index in [0.29, 0.717) is 13.0 Å². The number of rotatable bonds is 4. The Labute approximate surface area is 72.3 Å². The first-order valence-electron chi connectivity index (χ1n) is 4.05. The summed E-state index contributed by atoms with van der Waals surface area (Å²) in [6.45, 7) is 5.27. The van der Waals surface area contributed by atoms with Crippen molar-refractivity contribution in [1.29, 1.82) is 0 Å². The molecule has 0 radical (unpaired) electrons. The molecule has 0 aromatic heterocycles. The Hall–Kier alpha value is -1.06. The molecule has 0 rings (SSSR count). The molecule has 0 saturated carbocycles. The van der Waals surface area contributed by atoms with Crippen molar-refractivity contribution < 1.29 is 14.3 Å². The van der Waals surface area contributed by atoms with E-state index in [9.17, 15) is 9.59 Å². The molecule has 0 spiro atoms. The van der Waals surface area contributed by atoms with Gasteiger partial charge in [0.05, 0.1) is 6.61 Å². The first kappa shape index (κ1) is 10.9. The third-order valence-electron chi connectivity index (χ3n) is 1.36. The molecule has 0 heterocycles. The number of carbonyl (C=O) groups is 2. The maximum atomic E-state index is 11.1. The summed E-state index contributed by atoms with van der Waals surface area (Å²) >= 11 is 0. The van der Waals surface area contributed by atoms with Gasteiger partial charge in [0.1, 0.15) is 6.04 Å². The van der Waals surface area contributed by atoms with Crippen LogP contribution in [0.4, 0.5) is 0 Å². The minimum atomic E-state index is -0.498. The highest BCUT2D eigenvalue weighted by Gasteiger charge is 2.17. The van der Waals surface area contributed by atoms with Crippen LogP contribution in [0.15, 0.2) is 0 Å². The largest absolute Gasteiger partial charge is 0.464 e. The van der Waals surface area contributed by atoms with E-state index in [4.69, 9.17) is 4.74 Å². The van der Waals surface area contributed by atoms with E-state index in [1.54, 1.807) is 6.92 Å². The van der Waals surface area contributed by atoms with Crippen molar-refractivity contribution in [2.45, 2.75) is 33.2 Å². The van der Waals surface area contributed by atoms with Crippen LogP contribution in [0.1, 0.15) is 27.2 Å². The van der Waals surface area contributed by atoms with Crippen molar-refractivity contribution in [2.75, 3.05) is 6.61 Å². The van der Waals surface area contributed by atoms with E-state index in [1.165, 1.54) is 6.92 Å². The molecule has 0 aliphatic rings. The summed E-state index contributed by atoms with van der Waals surface area (Å²) in [4.78, 5) is 21.7. The predicted octanol–water partition coefficient (Wildman–Crippen LogP) is 0.464. The molecule has 0 aliphatic heterocycles. The number of hydrogen-bond donors (Lipinski definition) is 1. The van der Waals surface area contributed by atoms with Gasteiger partial charge in [0.15, 0.2) is 0 Å². The van der Waals surface area contributed by atoms with Crippen LogP contribution in [-0.4, -0.2) is 24.5 Å². The van der Waals surface area contributed by atoms with Gasteiger partial charge in [0, 0.05) is 6.92 Å². The molecule has 0 aromatic carbocycles. The normalized spacial score (nSPS) is 11.9. The summed E-state index contributed by atoms with van der Waals surface area (Å²) in [5.74, 6) is -0.579. The van der Waals surface area contributed by atoms with Gasteiger partial charge in [-0.3, -0.25) is 4.79 Å². The molecule has 0 saturated heterocycles. The van der Waals surface area contributed by atoms with Gasteiger partial charge in [-0.2, -0.15) is 0 Å². The highest BCUT2D eigenvalue weighted by molar-refractivity contribution is 5.83. The summed E-state index contributed by atoms with van der Waals surface area (Å²) in [6, 6.07) is -0.498. The van der Waals surface area contributed by atoms with Gasteiger partial charge in [-0.05, 0) is 13.3 Å². The smallest absolute Gasteiger partial charge is 0.328 e. The monoisotopic (exact) mass is 173 g/mol. The van der Waals surface area contributed by atoms with E-state index in [-0.39, 0.29) is 11.9 Å². The van der Waals surface area contributed by atoms with Crippen LogP contribution in [0, 0.1) is 0 Å². The fourth-order valence-corrected chi connectivity index (χ4v) is 0.816. The van der Waals surface area contributed by atoms with E-state index < -0.39 is 6.04 Å². The molecule has 4 nitrogen and oxygen atoms in total. The minimum absolute atomic E-state index is 0.213. The Kier molecular flexibility index (Phi) is 5.08. The van der Waals surface area contributed by atoms with Crippen molar-refractivity contribution >= 4 is 11.9 Å². The van der Waals surface area contributed by atoms with E-state index in [1.807, 2.05) is 6.92 Å². The lowest BCUT2D eigenvalue weighted by molar-refractivity contribution is -0.147. The van der Waals surface area contributed by atoms with Crippen molar-refractivity contribution in [3.8, 4) is 0 Å². The van der Waals surface area contributed by atoms with Crippen molar-refractivity contribution in [1.82, 2.24) is 5.32 Å². The fraction of sp³-hybridized carbons (Fsp3) is 0.750. The summed E-state index contributed by atoms with van der Waals surface area (Å²) in [5.41, 5.74) is 0. The second-order valence-corrected chi connectivity index (χ2v) is 2.41. The highest BCUT2D eigenvalue weighted by Crippen LogP contribution is 1.94. The minimum Gasteiger partial charge on any atom is -0.464 e. The number of nitrogens with one attached hydrogen (secondary N) is 1. The Morgan fingerprint density at radius 2 is 2.00 bits per heavy atom. The lowest BCUT2D eigenvalue weighted by atomic mass is 10.2. The maximum Gasteiger partial charge on any atom is 0.328 e. The lowest BCUT2D eigenvalue weighted by Crippen LogP contribution is -2.40. The standard InChI is InChI=1S/C8H15NO3/c1-4-7(9-6(3)10)8(11)12-5-2/h7H,4-5H2,1-3H3,(H,9,10)/t7-/m1/s1. The van der Waals surface area contributed by atoms with Gasteiger partial charge >= 0.3 is 5.97 Å². The van der Waals surface area contributed by atoms with E-state index in [2.05, 4.69) is 5.32 Å². The third-order valence-corrected chi connectivity index (χ3v) is 1.36. The molecule has 0 aromatic rings.